The van der Waals surface area contributed by atoms with Gasteiger partial charge in [0, 0.05) is 35.6 Å². The Morgan fingerprint density at radius 3 is 2.26 bits per heavy atom. The van der Waals surface area contributed by atoms with Crippen LogP contribution in [0.3, 0.4) is 0 Å². The topological polar surface area (TPSA) is 58.4 Å². The average molecular weight is 361 g/mol. The molecule has 1 N–H and O–H groups in total. The summed E-state index contributed by atoms with van der Waals surface area (Å²) in [6, 6.07) is 15.4. The number of hydrogen-bond acceptors (Lipinski definition) is 4. The van der Waals surface area contributed by atoms with E-state index in [0.717, 1.165) is 24.3 Å². The van der Waals surface area contributed by atoms with Crippen LogP contribution in [0.2, 0.25) is 0 Å². The lowest BCUT2D eigenvalue weighted by Gasteiger charge is -2.22. The van der Waals surface area contributed by atoms with E-state index >= 15 is 0 Å². The minimum atomic E-state index is -0.123. The van der Waals surface area contributed by atoms with Crippen molar-refractivity contribution in [2.75, 3.05) is 23.3 Å². The highest BCUT2D eigenvalue weighted by Crippen LogP contribution is 2.23. The average Bonchev–Trinajstić information content (AvgIpc) is 3.11. The zero-order chi connectivity index (χ0) is 18.5. The Morgan fingerprint density at radius 1 is 0.926 bits per heavy atom. The fourth-order valence-electron chi connectivity index (χ4n) is 3.43. The number of anilines is 2. The Labute approximate surface area is 159 Å². The van der Waals surface area contributed by atoms with Gasteiger partial charge in [0.25, 0.3) is 5.91 Å². The van der Waals surface area contributed by atoms with E-state index in [1.54, 1.807) is 18.3 Å². The summed E-state index contributed by atoms with van der Waals surface area (Å²) in [4.78, 5) is 18.8. The van der Waals surface area contributed by atoms with Crippen LogP contribution in [0, 0.1) is 0 Å². The normalized spacial score (nSPS) is 14.6. The predicted octanol–water partition coefficient (Wildman–Crippen LogP) is 4.97. The highest BCUT2D eigenvalue weighted by Gasteiger charge is 2.11. The molecular weight excluding hydrogens is 338 g/mol. The van der Waals surface area contributed by atoms with Crippen molar-refractivity contribution in [3.05, 3.63) is 66.7 Å². The molecule has 1 amide bonds. The molecule has 3 aromatic rings. The van der Waals surface area contributed by atoms with Gasteiger partial charge in [-0.1, -0.05) is 25.0 Å². The summed E-state index contributed by atoms with van der Waals surface area (Å²) in [5.74, 6) is 0.563. The molecule has 1 saturated heterocycles. The van der Waals surface area contributed by atoms with Gasteiger partial charge in [-0.25, -0.2) is 4.98 Å². The summed E-state index contributed by atoms with van der Waals surface area (Å²) in [6.07, 6.45) is 8.19. The van der Waals surface area contributed by atoms with Crippen molar-refractivity contribution in [1.82, 2.24) is 4.98 Å². The monoisotopic (exact) mass is 361 g/mol. The van der Waals surface area contributed by atoms with Gasteiger partial charge in [-0.2, -0.15) is 0 Å². The molecule has 5 heteroatoms. The van der Waals surface area contributed by atoms with Gasteiger partial charge in [0.15, 0.2) is 12.2 Å². The van der Waals surface area contributed by atoms with Crippen molar-refractivity contribution in [1.29, 1.82) is 0 Å². The number of rotatable bonds is 4. The fraction of sp³-hybridized carbons (Fsp3) is 0.273. The van der Waals surface area contributed by atoms with Gasteiger partial charge >= 0.3 is 0 Å². The van der Waals surface area contributed by atoms with E-state index in [1.807, 2.05) is 24.3 Å². The standard InChI is InChI=1S/C22H23N3O2/c26-22(18-7-5-17(6-8-18)21-15-23-16-27-21)24-19-9-11-20(12-10-19)25-13-3-1-2-4-14-25/h5-12,15-16H,1-4,13-14H2,(H,24,26). The number of nitrogens with zero attached hydrogens (tertiary/aromatic N) is 2. The maximum atomic E-state index is 12.5. The first-order valence-corrected chi connectivity index (χ1v) is 9.45. The maximum Gasteiger partial charge on any atom is 0.255 e. The van der Waals surface area contributed by atoms with Crippen molar-refractivity contribution < 1.29 is 9.21 Å². The first kappa shape index (κ1) is 17.3. The number of nitrogens with one attached hydrogen (secondary N) is 1. The molecule has 5 nitrogen and oxygen atoms in total. The van der Waals surface area contributed by atoms with E-state index in [0.29, 0.717) is 11.3 Å². The molecule has 0 radical (unpaired) electrons. The van der Waals surface area contributed by atoms with Crippen LogP contribution in [0.4, 0.5) is 11.4 Å². The van der Waals surface area contributed by atoms with Crippen LogP contribution < -0.4 is 10.2 Å². The molecular formula is C22H23N3O2. The Bertz CT molecular complexity index is 863. The van der Waals surface area contributed by atoms with Crippen LogP contribution in [-0.4, -0.2) is 24.0 Å². The Morgan fingerprint density at radius 2 is 1.63 bits per heavy atom. The second kappa shape index (κ2) is 8.08. The molecule has 138 valence electrons. The van der Waals surface area contributed by atoms with E-state index in [1.165, 1.54) is 37.8 Å². The Balaban J connectivity index is 1.40. The number of carbonyl (C=O) groups is 1. The smallest absolute Gasteiger partial charge is 0.255 e. The molecule has 2 heterocycles. The molecule has 1 aromatic heterocycles. The minimum Gasteiger partial charge on any atom is -0.444 e. The van der Waals surface area contributed by atoms with Gasteiger partial charge in [0.2, 0.25) is 0 Å². The van der Waals surface area contributed by atoms with Crippen LogP contribution in [0.15, 0.2) is 65.5 Å². The second-order valence-electron chi connectivity index (χ2n) is 6.85. The molecule has 0 atom stereocenters. The number of carbonyl (C=O) groups excluding carboxylic acids is 1. The van der Waals surface area contributed by atoms with Gasteiger partial charge in [-0.05, 0) is 49.2 Å². The largest absolute Gasteiger partial charge is 0.444 e. The van der Waals surface area contributed by atoms with Crippen molar-refractivity contribution in [3.63, 3.8) is 0 Å². The predicted molar refractivity (Wildman–Crippen MR) is 107 cm³/mol. The first-order valence-electron chi connectivity index (χ1n) is 9.45. The molecule has 27 heavy (non-hydrogen) atoms. The molecule has 1 aliphatic heterocycles. The van der Waals surface area contributed by atoms with Crippen LogP contribution in [0.25, 0.3) is 11.3 Å². The molecule has 0 unspecified atom stereocenters. The van der Waals surface area contributed by atoms with Crippen molar-refractivity contribution in [3.8, 4) is 11.3 Å². The van der Waals surface area contributed by atoms with Gasteiger partial charge in [-0.3, -0.25) is 4.79 Å². The third-order valence-electron chi connectivity index (χ3n) is 4.96. The lowest BCUT2D eigenvalue weighted by Crippen LogP contribution is -2.23. The van der Waals surface area contributed by atoms with E-state index < -0.39 is 0 Å². The van der Waals surface area contributed by atoms with Crippen LogP contribution in [0.5, 0.6) is 0 Å². The quantitative estimate of drug-likeness (QED) is 0.712. The zero-order valence-electron chi connectivity index (χ0n) is 15.2. The molecule has 2 aromatic carbocycles. The lowest BCUT2D eigenvalue weighted by atomic mass is 10.1. The SMILES string of the molecule is O=C(Nc1ccc(N2CCCCCC2)cc1)c1ccc(-c2cnco2)cc1. The lowest BCUT2D eigenvalue weighted by molar-refractivity contribution is 0.102. The van der Waals surface area contributed by atoms with Crippen LogP contribution >= 0.6 is 0 Å². The second-order valence-corrected chi connectivity index (χ2v) is 6.85. The Kier molecular flexibility index (Phi) is 5.19. The number of benzene rings is 2. The molecule has 1 fully saturated rings. The molecule has 1 aliphatic rings. The molecule has 0 bridgehead atoms. The highest BCUT2D eigenvalue weighted by molar-refractivity contribution is 6.04. The number of oxazole rings is 1. The summed E-state index contributed by atoms with van der Waals surface area (Å²) in [7, 11) is 0. The molecule has 0 spiro atoms. The van der Waals surface area contributed by atoms with Gasteiger partial charge in [0.1, 0.15) is 0 Å². The van der Waals surface area contributed by atoms with E-state index in [9.17, 15) is 4.79 Å². The van der Waals surface area contributed by atoms with E-state index in [4.69, 9.17) is 4.42 Å². The van der Waals surface area contributed by atoms with E-state index in [-0.39, 0.29) is 5.91 Å². The summed E-state index contributed by atoms with van der Waals surface area (Å²) >= 11 is 0. The Hall–Kier alpha value is -3.08. The van der Waals surface area contributed by atoms with Gasteiger partial charge in [-0.15, -0.1) is 0 Å². The highest BCUT2D eigenvalue weighted by atomic mass is 16.3. The van der Waals surface area contributed by atoms with E-state index in [2.05, 4.69) is 27.3 Å². The summed E-state index contributed by atoms with van der Waals surface area (Å²) in [5, 5.41) is 2.96. The third-order valence-corrected chi connectivity index (χ3v) is 4.96. The van der Waals surface area contributed by atoms with Crippen LogP contribution in [0.1, 0.15) is 36.0 Å². The number of hydrogen-bond donors (Lipinski definition) is 1. The third kappa shape index (κ3) is 4.19. The fourth-order valence-corrected chi connectivity index (χ4v) is 3.43. The van der Waals surface area contributed by atoms with Crippen molar-refractivity contribution in [2.24, 2.45) is 0 Å². The van der Waals surface area contributed by atoms with Gasteiger partial charge < -0.3 is 14.6 Å². The molecule has 0 aliphatic carbocycles. The summed E-state index contributed by atoms with van der Waals surface area (Å²) in [6.45, 7) is 2.23. The number of aromatic nitrogens is 1. The first-order chi connectivity index (χ1) is 13.3. The summed E-state index contributed by atoms with van der Waals surface area (Å²) in [5.41, 5.74) is 3.53. The van der Waals surface area contributed by atoms with Crippen molar-refractivity contribution in [2.45, 2.75) is 25.7 Å². The minimum absolute atomic E-state index is 0.123. The van der Waals surface area contributed by atoms with Gasteiger partial charge in [0.05, 0.1) is 6.20 Å². The van der Waals surface area contributed by atoms with Crippen molar-refractivity contribution >= 4 is 17.3 Å². The van der Waals surface area contributed by atoms with Crippen LogP contribution in [-0.2, 0) is 0 Å². The number of amides is 1. The molecule has 4 rings (SSSR count). The summed E-state index contributed by atoms with van der Waals surface area (Å²) < 4.78 is 5.27. The maximum absolute atomic E-state index is 12.5. The zero-order valence-corrected chi connectivity index (χ0v) is 15.2. The molecule has 0 saturated carbocycles.